The van der Waals surface area contributed by atoms with Gasteiger partial charge in [0, 0.05) is 0 Å². The van der Waals surface area contributed by atoms with Crippen molar-refractivity contribution >= 4 is 53.3 Å². The van der Waals surface area contributed by atoms with Gasteiger partial charge in [0.1, 0.15) is 7.82 Å². The van der Waals surface area contributed by atoms with Crippen LogP contribution in [0.3, 0.4) is 0 Å². The van der Waals surface area contributed by atoms with Crippen molar-refractivity contribution in [2.45, 2.75) is 0 Å². The Kier molecular flexibility index (Phi) is 7.13. The third-order valence-electron chi connectivity index (χ3n) is 0.0845. The zero-order valence-electron chi connectivity index (χ0n) is 3.17. The minimum Gasteiger partial charge on any atom is -0.787 e. The predicted molar refractivity (Wildman–Crippen MR) is 15.6 cm³/mol. The first-order chi connectivity index (χ1) is 2.56. The number of halogens is 1. The van der Waals surface area contributed by atoms with Crippen LogP contribution in [0.2, 0.25) is 0 Å². The van der Waals surface area contributed by atoms with Crippen molar-refractivity contribution in [3.05, 3.63) is 0 Å². The van der Waals surface area contributed by atoms with Gasteiger partial charge in [0.05, 0.1) is 0 Å². The zero-order valence-corrected chi connectivity index (χ0v) is 7.54. The monoisotopic (exact) mass is 202 g/mol. The van der Waals surface area contributed by atoms with E-state index < -0.39 is 7.82 Å². The molecule has 0 bridgehead atoms. The van der Waals surface area contributed by atoms with E-state index in [1.54, 1.807) is 0 Å². The number of rotatable bonds is 1. The molecule has 0 fully saturated rings. The zero-order chi connectivity index (χ0) is 5.21. The van der Waals surface area contributed by atoms with E-state index in [0.717, 1.165) is 0 Å². The maximum absolute atomic E-state index is 10.1. The molecule has 0 heterocycles. The average Bonchev–Trinajstić information content (AvgIpc) is 1.35. The Hall–Kier alpha value is 1.52. The van der Waals surface area contributed by atoms with E-state index in [1.165, 1.54) is 0 Å². The van der Waals surface area contributed by atoms with Gasteiger partial charge >= 0.3 is 45.5 Å². The summed E-state index contributed by atoms with van der Waals surface area (Å²) in [6.45, 7) is 0. The molecule has 0 saturated heterocycles. The third-order valence-corrected chi connectivity index (χ3v) is 0.254. The van der Waals surface area contributed by atoms with Crippen molar-refractivity contribution in [3.8, 4) is 0 Å². The van der Waals surface area contributed by atoms with Crippen LogP contribution in [0.15, 0.2) is 0 Å². The van der Waals surface area contributed by atoms with E-state index in [0.29, 0.717) is 0 Å². The van der Waals surface area contributed by atoms with Crippen LogP contribution in [-0.4, -0.2) is 45.5 Å². The van der Waals surface area contributed by atoms with E-state index in [2.05, 4.69) is 0 Å². The number of hydrogen-bond acceptors (Lipinski definition) is 4. The molecule has 0 atom stereocenters. The van der Waals surface area contributed by atoms with E-state index in [9.17, 15) is 4.53 Å². The first-order valence-electron chi connectivity index (χ1n) is 0.885. The molecule has 0 aromatic rings. The number of phosphoric acid groups is 1. The molecule has 7 heavy (non-hydrogen) atoms. The number of hydrogen-bond donors (Lipinski definition) is 0. The molecule has 0 N–H and O–H groups in total. The van der Waals surface area contributed by atoms with Crippen LogP contribution in [0.25, 0.3) is 0 Å². The minimum atomic E-state index is -5.31. The van der Waals surface area contributed by atoms with Crippen LogP contribution < -0.4 is 9.79 Å². The van der Waals surface area contributed by atoms with Crippen molar-refractivity contribution in [2.75, 3.05) is 0 Å². The summed E-state index contributed by atoms with van der Waals surface area (Å²) in [5, 5.41) is 0. The molecule has 0 aromatic heterocycles. The SMILES string of the molecule is O=P([O-])([O-])OF.[Sr+2]. The molecule has 4 nitrogen and oxygen atoms in total. The van der Waals surface area contributed by atoms with Gasteiger partial charge in [-0.2, -0.15) is 4.73 Å². The maximum atomic E-state index is 10.1. The summed E-state index contributed by atoms with van der Waals surface area (Å²) in [6, 6.07) is 0. The molecule has 7 heteroatoms. The Bertz CT molecular complexity index is 75.8. The van der Waals surface area contributed by atoms with Crippen molar-refractivity contribution in [3.63, 3.8) is 0 Å². The van der Waals surface area contributed by atoms with E-state index in [-0.39, 0.29) is 45.5 Å². The van der Waals surface area contributed by atoms with Crippen LogP contribution in [0, 0.1) is 0 Å². The molecule has 38 valence electrons. The van der Waals surface area contributed by atoms with Crippen LogP contribution in [0.1, 0.15) is 0 Å². The van der Waals surface area contributed by atoms with Crippen molar-refractivity contribution in [1.29, 1.82) is 0 Å². The molecule has 0 aliphatic heterocycles. The van der Waals surface area contributed by atoms with Gasteiger partial charge in [-0.25, -0.2) is 0 Å². The first-order valence-corrected chi connectivity index (χ1v) is 2.35. The molecule has 0 rings (SSSR count). The molecular weight excluding hydrogens is 202 g/mol. The van der Waals surface area contributed by atoms with Gasteiger partial charge < -0.3 is 14.4 Å². The fraction of sp³-hybridized carbons (Fsp3) is 0. The summed E-state index contributed by atoms with van der Waals surface area (Å²) < 4.78 is 20.9. The smallest absolute Gasteiger partial charge is 0.787 e. The Morgan fingerprint density at radius 3 is 1.71 bits per heavy atom. The topological polar surface area (TPSA) is 72.4 Å². The predicted octanol–water partition coefficient (Wildman–Crippen LogP) is -1.66. The molecule has 0 radical (unpaired) electrons. The normalized spacial score (nSPS) is 10.1. The summed E-state index contributed by atoms with van der Waals surface area (Å²) in [4.78, 5) is 17.8. The van der Waals surface area contributed by atoms with Crippen LogP contribution >= 0.6 is 7.82 Å². The Morgan fingerprint density at radius 1 is 1.57 bits per heavy atom. The van der Waals surface area contributed by atoms with E-state index in [4.69, 9.17) is 14.4 Å². The molecule has 0 aromatic carbocycles. The second-order valence-corrected chi connectivity index (χ2v) is 1.55. The second kappa shape index (κ2) is 4.40. The first kappa shape index (κ1) is 11.3. The van der Waals surface area contributed by atoms with Gasteiger partial charge in [0.25, 0.3) is 0 Å². The molecule has 0 aliphatic rings. The Labute approximate surface area is 76.1 Å². The van der Waals surface area contributed by atoms with Gasteiger partial charge in [-0.05, 0) is 4.53 Å². The van der Waals surface area contributed by atoms with Crippen LogP contribution in [0.4, 0.5) is 4.53 Å². The van der Waals surface area contributed by atoms with Crippen LogP contribution in [-0.2, 0) is 9.29 Å². The minimum absolute atomic E-state index is 0. The molecular formula is FO4PSr. The average molecular weight is 202 g/mol. The van der Waals surface area contributed by atoms with Gasteiger partial charge in [-0.1, -0.05) is 0 Å². The van der Waals surface area contributed by atoms with Crippen molar-refractivity contribution < 1.29 is 23.6 Å². The second-order valence-electron chi connectivity index (χ2n) is 0.516. The van der Waals surface area contributed by atoms with Gasteiger partial charge in [0.15, 0.2) is 0 Å². The molecule has 0 unspecified atom stereocenters. The Morgan fingerprint density at radius 2 is 1.71 bits per heavy atom. The van der Waals surface area contributed by atoms with Crippen molar-refractivity contribution in [2.24, 2.45) is 0 Å². The fourth-order valence-electron chi connectivity index (χ4n) is 0. The molecule has 0 aliphatic carbocycles. The summed E-state index contributed by atoms with van der Waals surface area (Å²) in [6.07, 6.45) is 0. The third kappa shape index (κ3) is 11.2. The quantitative estimate of drug-likeness (QED) is 0.376. The Balaban J connectivity index is 0. The van der Waals surface area contributed by atoms with E-state index in [1.807, 2.05) is 4.73 Å². The van der Waals surface area contributed by atoms with Crippen LogP contribution in [0.5, 0.6) is 0 Å². The summed E-state index contributed by atoms with van der Waals surface area (Å²) in [7, 11) is -5.31. The fourth-order valence-corrected chi connectivity index (χ4v) is 0. The molecule has 0 saturated carbocycles. The summed E-state index contributed by atoms with van der Waals surface area (Å²) >= 11 is 0. The largest absolute Gasteiger partial charge is 2.00 e. The standard InChI is InChI=1S/FH2O4P.Sr/c1-5-6(2,3)4;/h(H2,2,3,4);/q;+2/p-2. The maximum Gasteiger partial charge on any atom is 2.00 e. The summed E-state index contributed by atoms with van der Waals surface area (Å²) in [5.41, 5.74) is 0. The summed E-state index contributed by atoms with van der Waals surface area (Å²) in [5.74, 6) is 0. The molecule has 0 spiro atoms. The van der Waals surface area contributed by atoms with Gasteiger partial charge in [-0.3, -0.25) is 0 Å². The van der Waals surface area contributed by atoms with Crippen molar-refractivity contribution in [1.82, 2.24) is 0 Å². The van der Waals surface area contributed by atoms with E-state index >= 15 is 0 Å². The van der Waals surface area contributed by atoms with Gasteiger partial charge in [0.2, 0.25) is 0 Å². The van der Waals surface area contributed by atoms with Gasteiger partial charge in [-0.15, -0.1) is 0 Å². The molecule has 0 amide bonds.